The Bertz CT molecular complexity index is 656. The van der Waals surface area contributed by atoms with Gasteiger partial charge in [0.15, 0.2) is 0 Å². The van der Waals surface area contributed by atoms with E-state index in [2.05, 4.69) is 15.7 Å². The SMILES string of the molecule is O=c1c2ccccc2[se]n1C1CCC2CCCCC21. The monoisotopic (exact) mass is 321 g/mol. The third kappa shape index (κ3) is 1.86. The van der Waals surface area contributed by atoms with Crippen LogP contribution in [0, 0.1) is 11.8 Å². The summed E-state index contributed by atoms with van der Waals surface area (Å²) < 4.78 is 3.53. The van der Waals surface area contributed by atoms with Crippen LogP contribution in [0.15, 0.2) is 29.1 Å². The van der Waals surface area contributed by atoms with Crippen molar-refractivity contribution >= 4 is 24.4 Å². The average molecular weight is 320 g/mol. The first-order valence-corrected chi connectivity index (χ1v) is 9.07. The molecule has 3 atom stereocenters. The van der Waals surface area contributed by atoms with E-state index in [0.29, 0.717) is 11.6 Å². The predicted octanol–water partition coefficient (Wildman–Crippen LogP) is 3.20. The molecule has 0 saturated heterocycles. The van der Waals surface area contributed by atoms with Crippen molar-refractivity contribution in [3.63, 3.8) is 0 Å². The fraction of sp³-hybridized carbons (Fsp3) is 0.562. The van der Waals surface area contributed by atoms with E-state index < -0.39 is 0 Å². The van der Waals surface area contributed by atoms with Gasteiger partial charge in [-0.05, 0) is 0 Å². The van der Waals surface area contributed by atoms with E-state index in [0.717, 1.165) is 17.2 Å². The molecule has 2 aliphatic carbocycles. The summed E-state index contributed by atoms with van der Waals surface area (Å²) in [5.41, 5.74) is 0.312. The van der Waals surface area contributed by atoms with Crippen LogP contribution in [0.25, 0.3) is 9.65 Å². The Hall–Kier alpha value is -0.791. The molecule has 0 spiro atoms. The molecule has 2 aliphatic rings. The maximum absolute atomic E-state index is 12.6. The molecule has 100 valence electrons. The minimum atomic E-state index is 0.227. The number of rotatable bonds is 1. The molecule has 1 aromatic heterocycles. The van der Waals surface area contributed by atoms with E-state index in [1.54, 1.807) is 0 Å². The Balaban J connectivity index is 1.78. The Morgan fingerprint density at radius 3 is 2.79 bits per heavy atom. The second-order valence-electron chi connectivity index (χ2n) is 6.07. The van der Waals surface area contributed by atoms with Crippen LogP contribution >= 0.6 is 0 Å². The van der Waals surface area contributed by atoms with Crippen LogP contribution in [0.2, 0.25) is 0 Å². The van der Waals surface area contributed by atoms with Crippen molar-refractivity contribution in [3.8, 4) is 0 Å². The second-order valence-corrected chi connectivity index (χ2v) is 8.20. The molecule has 0 amide bonds. The van der Waals surface area contributed by atoms with Crippen molar-refractivity contribution in [1.29, 1.82) is 0 Å². The molecule has 3 heteroatoms. The number of benzene rings is 1. The molecule has 0 radical (unpaired) electrons. The summed E-state index contributed by atoms with van der Waals surface area (Å²) >= 11 is 0.227. The molecule has 3 unspecified atom stereocenters. The van der Waals surface area contributed by atoms with Gasteiger partial charge >= 0.3 is 119 Å². The molecule has 2 nitrogen and oxygen atoms in total. The van der Waals surface area contributed by atoms with Crippen LogP contribution in [0.5, 0.6) is 0 Å². The van der Waals surface area contributed by atoms with Gasteiger partial charge in [0.1, 0.15) is 0 Å². The number of hydrogen-bond donors (Lipinski definition) is 0. The van der Waals surface area contributed by atoms with Gasteiger partial charge in [0.05, 0.1) is 0 Å². The van der Waals surface area contributed by atoms with Crippen LogP contribution < -0.4 is 5.56 Å². The number of hydrogen-bond acceptors (Lipinski definition) is 1. The molecule has 2 aromatic rings. The average Bonchev–Trinajstić information content (AvgIpc) is 3.01. The first-order valence-electron chi connectivity index (χ1n) is 7.45. The van der Waals surface area contributed by atoms with Gasteiger partial charge in [0, 0.05) is 0 Å². The summed E-state index contributed by atoms with van der Waals surface area (Å²) in [4.78, 5) is 12.6. The van der Waals surface area contributed by atoms with Gasteiger partial charge in [-0.2, -0.15) is 0 Å². The summed E-state index contributed by atoms with van der Waals surface area (Å²) in [6.07, 6.45) is 8.14. The van der Waals surface area contributed by atoms with Crippen molar-refractivity contribution in [1.82, 2.24) is 3.56 Å². The Morgan fingerprint density at radius 2 is 1.89 bits per heavy atom. The summed E-state index contributed by atoms with van der Waals surface area (Å²) in [6.45, 7) is 0. The van der Waals surface area contributed by atoms with E-state index in [-0.39, 0.29) is 14.7 Å². The molecule has 0 bridgehead atoms. The van der Waals surface area contributed by atoms with Crippen molar-refractivity contribution < 1.29 is 0 Å². The first-order chi connectivity index (χ1) is 9.34. The number of fused-ring (bicyclic) bond motifs is 2. The van der Waals surface area contributed by atoms with Gasteiger partial charge < -0.3 is 0 Å². The van der Waals surface area contributed by atoms with Crippen LogP contribution in [0.3, 0.4) is 0 Å². The van der Waals surface area contributed by atoms with Crippen LogP contribution in [-0.4, -0.2) is 18.3 Å². The Labute approximate surface area is 119 Å². The van der Waals surface area contributed by atoms with Crippen molar-refractivity contribution in [3.05, 3.63) is 34.6 Å². The molecule has 0 aliphatic heterocycles. The molecule has 19 heavy (non-hydrogen) atoms. The molecule has 0 N–H and O–H groups in total. The standard InChI is InChI=1S/C16H19NOSe/c18-16-13-7-3-4-8-15(13)19-17(16)14-10-9-11-5-1-2-6-12(11)14/h3-4,7-8,11-12,14H,1-2,5-6,9-10H2. The second kappa shape index (κ2) is 4.64. The van der Waals surface area contributed by atoms with Gasteiger partial charge in [-0.25, -0.2) is 0 Å². The van der Waals surface area contributed by atoms with E-state index in [9.17, 15) is 4.79 Å². The maximum atomic E-state index is 12.6. The van der Waals surface area contributed by atoms with Crippen LogP contribution in [0.4, 0.5) is 0 Å². The fourth-order valence-electron chi connectivity index (χ4n) is 4.20. The summed E-state index contributed by atoms with van der Waals surface area (Å²) in [5.74, 6) is 1.71. The van der Waals surface area contributed by atoms with E-state index >= 15 is 0 Å². The number of nitrogens with zero attached hydrogens (tertiary/aromatic N) is 1. The molecular weight excluding hydrogens is 301 g/mol. The van der Waals surface area contributed by atoms with Gasteiger partial charge in [0.25, 0.3) is 0 Å². The zero-order valence-electron chi connectivity index (χ0n) is 11.0. The van der Waals surface area contributed by atoms with Gasteiger partial charge in [0.2, 0.25) is 0 Å². The van der Waals surface area contributed by atoms with E-state index in [1.807, 2.05) is 12.1 Å². The normalized spacial score (nSPS) is 30.6. The zero-order chi connectivity index (χ0) is 12.8. The molecular formula is C16H19NOSe. The topological polar surface area (TPSA) is 22.0 Å². The Kier molecular flexibility index (Phi) is 2.93. The van der Waals surface area contributed by atoms with Gasteiger partial charge in [-0.3, -0.25) is 0 Å². The van der Waals surface area contributed by atoms with Crippen molar-refractivity contribution in [2.24, 2.45) is 11.8 Å². The molecule has 4 rings (SSSR count). The van der Waals surface area contributed by atoms with Crippen LogP contribution in [0.1, 0.15) is 44.6 Å². The molecule has 2 fully saturated rings. The first kappa shape index (κ1) is 12.0. The molecule has 2 saturated carbocycles. The zero-order valence-corrected chi connectivity index (χ0v) is 12.8. The van der Waals surface area contributed by atoms with E-state index in [1.165, 1.54) is 42.8 Å². The summed E-state index contributed by atoms with van der Waals surface area (Å²) in [7, 11) is 0. The Morgan fingerprint density at radius 1 is 1.05 bits per heavy atom. The fourth-order valence-corrected chi connectivity index (χ4v) is 6.68. The quantitative estimate of drug-likeness (QED) is 0.740. The third-order valence-corrected chi connectivity index (χ3v) is 7.60. The number of aromatic nitrogens is 1. The van der Waals surface area contributed by atoms with E-state index in [4.69, 9.17) is 0 Å². The van der Waals surface area contributed by atoms with Crippen molar-refractivity contribution in [2.45, 2.75) is 44.6 Å². The third-order valence-electron chi connectivity index (χ3n) is 5.11. The minimum absolute atomic E-state index is 0.227. The molecule has 1 aromatic carbocycles. The summed E-state index contributed by atoms with van der Waals surface area (Å²) in [5, 5.41) is 0.974. The predicted molar refractivity (Wildman–Crippen MR) is 78.9 cm³/mol. The molecule has 1 heterocycles. The van der Waals surface area contributed by atoms with Gasteiger partial charge in [-0.15, -0.1) is 0 Å². The summed E-state index contributed by atoms with van der Waals surface area (Å²) in [6, 6.07) is 8.75. The van der Waals surface area contributed by atoms with Crippen LogP contribution in [-0.2, 0) is 0 Å². The van der Waals surface area contributed by atoms with Gasteiger partial charge in [-0.1, -0.05) is 0 Å². The van der Waals surface area contributed by atoms with Crippen molar-refractivity contribution in [2.75, 3.05) is 0 Å².